The van der Waals surface area contributed by atoms with Crippen molar-refractivity contribution in [1.82, 2.24) is 0 Å². The highest BCUT2D eigenvalue weighted by Gasteiger charge is 2.16. The average molecular weight is 590 g/mol. The monoisotopic (exact) mass is 589 g/mol. The Morgan fingerprint density at radius 1 is 0.304 bits per heavy atom. The number of rotatable bonds is 7. The van der Waals surface area contributed by atoms with Crippen molar-refractivity contribution < 1.29 is 4.42 Å². The van der Waals surface area contributed by atoms with E-state index in [1.54, 1.807) is 0 Å². The molecule has 8 aromatic rings. The van der Waals surface area contributed by atoms with Crippen LogP contribution in [0.25, 0.3) is 55.7 Å². The molecule has 0 atom stereocenters. The van der Waals surface area contributed by atoms with E-state index in [1.165, 1.54) is 22.3 Å². The summed E-state index contributed by atoms with van der Waals surface area (Å²) in [5, 5.41) is 1.11. The first-order valence-electron chi connectivity index (χ1n) is 15.6. The van der Waals surface area contributed by atoms with Crippen LogP contribution in [0.3, 0.4) is 0 Å². The Labute approximate surface area is 269 Å². The Morgan fingerprint density at radius 3 is 1.46 bits per heavy atom. The minimum atomic E-state index is 0.877. The Bertz CT molecular complexity index is 2140. The lowest BCUT2D eigenvalue weighted by Gasteiger charge is -2.27. The molecule has 0 N–H and O–H groups in total. The zero-order valence-corrected chi connectivity index (χ0v) is 25.3. The van der Waals surface area contributed by atoms with Gasteiger partial charge in [-0.15, -0.1) is 0 Å². The van der Waals surface area contributed by atoms with Crippen LogP contribution >= 0.6 is 0 Å². The Morgan fingerprint density at radius 2 is 0.804 bits per heavy atom. The van der Waals surface area contributed by atoms with Crippen LogP contribution in [0, 0.1) is 0 Å². The second-order valence-electron chi connectivity index (χ2n) is 11.4. The Balaban J connectivity index is 1.21. The van der Waals surface area contributed by atoms with E-state index >= 15 is 0 Å². The maximum atomic E-state index is 6.17. The molecule has 2 nitrogen and oxygen atoms in total. The van der Waals surface area contributed by atoms with E-state index in [9.17, 15) is 0 Å². The van der Waals surface area contributed by atoms with Crippen molar-refractivity contribution in [2.75, 3.05) is 4.90 Å². The number of anilines is 3. The highest BCUT2D eigenvalue weighted by molar-refractivity contribution is 5.86. The first kappa shape index (κ1) is 27.4. The van der Waals surface area contributed by atoms with Gasteiger partial charge in [0.05, 0.1) is 0 Å². The van der Waals surface area contributed by atoms with Crippen LogP contribution in [0.15, 0.2) is 192 Å². The van der Waals surface area contributed by atoms with E-state index in [2.05, 4.69) is 175 Å². The summed E-state index contributed by atoms with van der Waals surface area (Å²) in [6, 6.07) is 66.4. The van der Waals surface area contributed by atoms with Crippen molar-refractivity contribution in [2.24, 2.45) is 0 Å². The molecule has 1 heterocycles. The molecule has 0 aliphatic heterocycles. The lowest BCUT2D eigenvalue weighted by atomic mass is 9.97. The number of para-hydroxylation sites is 2. The van der Waals surface area contributed by atoms with E-state index in [0.29, 0.717) is 0 Å². The second kappa shape index (κ2) is 12.1. The second-order valence-corrected chi connectivity index (χ2v) is 11.4. The summed E-state index contributed by atoms with van der Waals surface area (Å²) in [6.07, 6.45) is 0. The molecule has 218 valence electrons. The highest BCUT2D eigenvalue weighted by Crippen LogP contribution is 2.40. The molecular weight excluding hydrogens is 558 g/mol. The largest absolute Gasteiger partial charge is 0.456 e. The molecule has 7 aromatic carbocycles. The first-order chi connectivity index (χ1) is 22.8. The molecule has 0 saturated heterocycles. The molecule has 0 fully saturated rings. The molecule has 2 heteroatoms. The van der Waals surface area contributed by atoms with Crippen molar-refractivity contribution in [1.29, 1.82) is 0 Å². The van der Waals surface area contributed by atoms with Crippen molar-refractivity contribution in [3.8, 4) is 44.7 Å². The lowest BCUT2D eigenvalue weighted by Crippen LogP contribution is -2.10. The molecule has 0 spiro atoms. The molecule has 0 unspecified atom stereocenters. The van der Waals surface area contributed by atoms with Gasteiger partial charge in [-0.25, -0.2) is 0 Å². The van der Waals surface area contributed by atoms with Gasteiger partial charge in [0.15, 0.2) is 0 Å². The van der Waals surface area contributed by atoms with E-state index in [4.69, 9.17) is 4.42 Å². The Kier molecular flexibility index (Phi) is 7.22. The summed E-state index contributed by atoms with van der Waals surface area (Å²) in [4.78, 5) is 2.34. The van der Waals surface area contributed by atoms with Crippen molar-refractivity contribution in [3.63, 3.8) is 0 Å². The van der Waals surface area contributed by atoms with Gasteiger partial charge in [-0.2, -0.15) is 0 Å². The average Bonchev–Trinajstić information content (AvgIpc) is 3.58. The van der Waals surface area contributed by atoms with Crippen LogP contribution in [0.2, 0.25) is 0 Å². The van der Waals surface area contributed by atoms with Gasteiger partial charge in [0, 0.05) is 28.0 Å². The van der Waals surface area contributed by atoms with E-state index < -0.39 is 0 Å². The molecule has 0 aliphatic carbocycles. The number of furan rings is 1. The van der Waals surface area contributed by atoms with Gasteiger partial charge >= 0.3 is 0 Å². The lowest BCUT2D eigenvalue weighted by molar-refractivity contribution is 0.631. The summed E-state index contributed by atoms with van der Waals surface area (Å²) in [5.74, 6) is 0.877. The van der Waals surface area contributed by atoms with Crippen LogP contribution in [-0.4, -0.2) is 0 Å². The van der Waals surface area contributed by atoms with Crippen molar-refractivity contribution >= 4 is 28.0 Å². The molecule has 0 amide bonds. The first-order valence-corrected chi connectivity index (χ1v) is 15.6. The topological polar surface area (TPSA) is 16.4 Å². The van der Waals surface area contributed by atoms with Gasteiger partial charge in [-0.3, -0.25) is 0 Å². The fraction of sp³-hybridized carbons (Fsp3) is 0. The fourth-order valence-electron chi connectivity index (χ4n) is 6.14. The third-order valence-electron chi connectivity index (χ3n) is 8.44. The molecule has 46 heavy (non-hydrogen) atoms. The van der Waals surface area contributed by atoms with Crippen LogP contribution in [0.1, 0.15) is 0 Å². The predicted molar refractivity (Wildman–Crippen MR) is 193 cm³/mol. The predicted octanol–water partition coefficient (Wildman–Crippen LogP) is 12.6. The minimum absolute atomic E-state index is 0.877. The molecule has 1 aromatic heterocycles. The van der Waals surface area contributed by atoms with E-state index in [-0.39, 0.29) is 0 Å². The van der Waals surface area contributed by atoms with Crippen LogP contribution in [0.4, 0.5) is 17.1 Å². The molecule has 0 radical (unpaired) electrons. The normalized spacial score (nSPS) is 11.0. The van der Waals surface area contributed by atoms with Gasteiger partial charge in [0.1, 0.15) is 11.3 Å². The van der Waals surface area contributed by atoms with Gasteiger partial charge in [0.2, 0.25) is 0 Å². The van der Waals surface area contributed by atoms with Gasteiger partial charge < -0.3 is 9.32 Å². The third-order valence-corrected chi connectivity index (χ3v) is 8.44. The van der Waals surface area contributed by atoms with Crippen LogP contribution in [-0.2, 0) is 0 Å². The highest BCUT2D eigenvalue weighted by atomic mass is 16.3. The molecule has 8 rings (SSSR count). The molecule has 0 saturated carbocycles. The SMILES string of the molecule is c1ccc(-c2cc(-c3ccccc3)cc(N(c3ccccc3)c3ccc(-c4cccc(-c5cc6ccccc6o5)c4)cc3)c2)cc1. The third kappa shape index (κ3) is 5.49. The summed E-state index contributed by atoms with van der Waals surface area (Å²) in [6.45, 7) is 0. The summed E-state index contributed by atoms with van der Waals surface area (Å²) >= 11 is 0. The Hall–Kier alpha value is -6.12. The zero-order chi connectivity index (χ0) is 30.7. The van der Waals surface area contributed by atoms with Crippen molar-refractivity contribution in [2.45, 2.75) is 0 Å². The van der Waals surface area contributed by atoms with Gasteiger partial charge in [-0.05, 0) is 94.0 Å². The summed E-state index contributed by atoms with van der Waals surface area (Å²) < 4.78 is 6.17. The van der Waals surface area contributed by atoms with Gasteiger partial charge in [0.25, 0.3) is 0 Å². The summed E-state index contributed by atoms with van der Waals surface area (Å²) in [7, 11) is 0. The quantitative estimate of drug-likeness (QED) is 0.184. The summed E-state index contributed by atoms with van der Waals surface area (Å²) in [5.41, 5.74) is 12.3. The number of hydrogen-bond donors (Lipinski definition) is 0. The standard InChI is InChI=1S/C44H31NO/c1-4-13-32(14-5-1)38-28-39(33-15-6-2-7-16-33)30-42(29-38)45(40-20-8-3-9-21-40)41-25-23-34(24-26-41)35-18-12-19-36(27-35)44-31-37-17-10-11-22-43(37)46-44/h1-31H. The van der Waals surface area contributed by atoms with Crippen LogP contribution < -0.4 is 4.90 Å². The van der Waals surface area contributed by atoms with Crippen LogP contribution in [0.5, 0.6) is 0 Å². The van der Waals surface area contributed by atoms with Crippen molar-refractivity contribution in [3.05, 3.63) is 188 Å². The maximum Gasteiger partial charge on any atom is 0.135 e. The van der Waals surface area contributed by atoms with Gasteiger partial charge in [-0.1, -0.05) is 127 Å². The number of nitrogens with zero attached hydrogens (tertiary/aromatic N) is 1. The number of hydrogen-bond acceptors (Lipinski definition) is 2. The number of fused-ring (bicyclic) bond motifs is 1. The molecular formula is C44H31NO. The zero-order valence-electron chi connectivity index (χ0n) is 25.3. The molecule has 0 aliphatic rings. The van der Waals surface area contributed by atoms with E-state index in [0.717, 1.165) is 50.5 Å². The fourth-order valence-corrected chi connectivity index (χ4v) is 6.14. The maximum absolute atomic E-state index is 6.17. The minimum Gasteiger partial charge on any atom is -0.456 e. The molecule has 0 bridgehead atoms. The van der Waals surface area contributed by atoms with E-state index in [1.807, 2.05) is 18.2 Å². The number of benzene rings is 7. The smallest absolute Gasteiger partial charge is 0.135 e.